The van der Waals surface area contributed by atoms with Gasteiger partial charge in [-0.2, -0.15) is 13.2 Å². The molecule has 0 radical (unpaired) electrons. The Morgan fingerprint density at radius 3 is 2.29 bits per heavy atom. The normalized spacial score (nSPS) is 13.3. The fourth-order valence-corrected chi connectivity index (χ4v) is 3.06. The molecule has 2 aromatic rings. The van der Waals surface area contributed by atoms with Crippen molar-refractivity contribution < 1.29 is 13.2 Å². The van der Waals surface area contributed by atoms with Crippen LogP contribution in [0.2, 0.25) is 10.0 Å². The van der Waals surface area contributed by atoms with E-state index in [1.54, 1.807) is 12.1 Å². The van der Waals surface area contributed by atoms with Crippen LogP contribution >= 0.6 is 50.7 Å². The van der Waals surface area contributed by atoms with Crippen LogP contribution in [-0.2, 0) is 6.18 Å². The zero-order valence-electron chi connectivity index (χ0n) is 10.2. The molecule has 21 heavy (non-hydrogen) atoms. The van der Waals surface area contributed by atoms with Gasteiger partial charge in [-0.1, -0.05) is 45.2 Å². The first-order chi connectivity index (χ1) is 9.70. The summed E-state index contributed by atoms with van der Waals surface area (Å²) in [4.78, 5) is 0. The first-order valence-corrected chi connectivity index (χ1v) is 7.64. The second kappa shape index (κ2) is 6.37. The molecule has 1 atom stereocenters. The maximum atomic E-state index is 12.9. The van der Waals surface area contributed by atoms with Crippen molar-refractivity contribution in [2.24, 2.45) is 0 Å². The average molecular weight is 418 g/mol. The Morgan fingerprint density at radius 2 is 1.67 bits per heavy atom. The van der Waals surface area contributed by atoms with Gasteiger partial charge in [-0.3, -0.25) is 0 Å². The summed E-state index contributed by atoms with van der Waals surface area (Å²) in [5.41, 5.74) is -0.0403. The van der Waals surface area contributed by atoms with Crippen molar-refractivity contribution in [1.82, 2.24) is 0 Å². The van der Waals surface area contributed by atoms with E-state index in [-0.39, 0.29) is 10.0 Å². The third-order valence-electron chi connectivity index (χ3n) is 2.82. The van der Waals surface area contributed by atoms with E-state index in [0.717, 1.165) is 6.07 Å². The fourth-order valence-electron chi connectivity index (χ4n) is 1.81. The van der Waals surface area contributed by atoms with Crippen molar-refractivity contribution in [3.05, 3.63) is 67.6 Å². The van der Waals surface area contributed by atoms with Crippen molar-refractivity contribution in [2.75, 3.05) is 0 Å². The first-order valence-electron chi connectivity index (χ1n) is 5.66. The second-order valence-electron chi connectivity index (χ2n) is 4.27. The molecule has 0 bridgehead atoms. The molecular weight excluding hydrogens is 411 g/mol. The number of hydrogen-bond donors (Lipinski definition) is 0. The van der Waals surface area contributed by atoms with Gasteiger partial charge in [0.15, 0.2) is 0 Å². The predicted octanol–water partition coefficient (Wildman–Crippen LogP) is 7.10. The van der Waals surface area contributed by atoms with Crippen molar-refractivity contribution in [1.29, 1.82) is 0 Å². The van der Waals surface area contributed by atoms with Gasteiger partial charge in [0.2, 0.25) is 0 Å². The maximum absolute atomic E-state index is 12.9. The average Bonchev–Trinajstić information content (AvgIpc) is 2.40. The molecule has 0 amide bonds. The summed E-state index contributed by atoms with van der Waals surface area (Å²) in [6.07, 6.45) is -4.47. The summed E-state index contributed by atoms with van der Waals surface area (Å²) >= 11 is 21.0. The molecule has 2 aromatic carbocycles. The quantitative estimate of drug-likeness (QED) is 0.456. The topological polar surface area (TPSA) is 0 Å². The summed E-state index contributed by atoms with van der Waals surface area (Å²) in [6, 6.07) is 8.49. The SMILES string of the molecule is FC(F)(F)c1cc(C(Cl)c2cc(Cl)ccc2Cl)ccc1Br. The molecule has 0 aromatic heterocycles. The molecule has 0 N–H and O–H groups in total. The van der Waals surface area contributed by atoms with Gasteiger partial charge in [0.25, 0.3) is 0 Å². The van der Waals surface area contributed by atoms with Gasteiger partial charge in [-0.25, -0.2) is 0 Å². The summed E-state index contributed by atoms with van der Waals surface area (Å²) in [5, 5.41) is -0.0746. The highest BCUT2D eigenvalue weighted by molar-refractivity contribution is 9.10. The van der Waals surface area contributed by atoms with Gasteiger partial charge in [0.05, 0.1) is 10.9 Å². The van der Waals surface area contributed by atoms with Crippen LogP contribution in [-0.4, -0.2) is 0 Å². The maximum Gasteiger partial charge on any atom is 0.417 e. The highest BCUT2D eigenvalue weighted by atomic mass is 79.9. The van der Waals surface area contributed by atoms with E-state index in [1.165, 1.54) is 18.2 Å². The molecule has 112 valence electrons. The van der Waals surface area contributed by atoms with Crippen molar-refractivity contribution >= 4 is 50.7 Å². The summed E-state index contributed by atoms with van der Waals surface area (Å²) in [7, 11) is 0. The summed E-state index contributed by atoms with van der Waals surface area (Å²) < 4.78 is 38.7. The smallest absolute Gasteiger partial charge is 0.166 e. The molecule has 0 aliphatic heterocycles. The lowest BCUT2D eigenvalue weighted by atomic mass is 10.0. The van der Waals surface area contributed by atoms with Crippen molar-refractivity contribution in [3.63, 3.8) is 0 Å². The zero-order chi connectivity index (χ0) is 15.8. The molecule has 1 unspecified atom stereocenters. The molecule has 0 fully saturated rings. The van der Waals surface area contributed by atoms with Crippen LogP contribution in [0.4, 0.5) is 13.2 Å². The van der Waals surface area contributed by atoms with E-state index in [2.05, 4.69) is 15.9 Å². The van der Waals surface area contributed by atoms with Crippen LogP contribution in [0.3, 0.4) is 0 Å². The third kappa shape index (κ3) is 3.86. The Bertz CT molecular complexity index is 671. The van der Waals surface area contributed by atoms with Gasteiger partial charge >= 0.3 is 6.18 Å². The fraction of sp³-hybridized carbons (Fsp3) is 0.143. The Labute approximate surface area is 142 Å². The van der Waals surface area contributed by atoms with Crippen LogP contribution in [0.15, 0.2) is 40.9 Å². The largest absolute Gasteiger partial charge is 0.417 e. The Kier molecular flexibility index (Phi) is 5.14. The van der Waals surface area contributed by atoms with E-state index < -0.39 is 17.1 Å². The molecule has 0 aliphatic rings. The molecule has 0 saturated heterocycles. The lowest BCUT2D eigenvalue weighted by Crippen LogP contribution is -2.07. The van der Waals surface area contributed by atoms with Crippen molar-refractivity contribution in [3.8, 4) is 0 Å². The lowest BCUT2D eigenvalue weighted by molar-refractivity contribution is -0.138. The van der Waals surface area contributed by atoms with Crippen molar-refractivity contribution in [2.45, 2.75) is 11.6 Å². The molecule has 2 rings (SSSR count). The molecule has 0 saturated carbocycles. The minimum Gasteiger partial charge on any atom is -0.166 e. The van der Waals surface area contributed by atoms with Crippen LogP contribution in [0.25, 0.3) is 0 Å². The van der Waals surface area contributed by atoms with E-state index in [1.807, 2.05) is 0 Å². The summed E-state index contributed by atoms with van der Waals surface area (Å²) in [6.45, 7) is 0. The van der Waals surface area contributed by atoms with Crippen LogP contribution in [0, 0.1) is 0 Å². The molecule has 0 nitrogen and oxygen atoms in total. The highest BCUT2D eigenvalue weighted by Crippen LogP contribution is 2.40. The predicted molar refractivity (Wildman–Crippen MR) is 83.3 cm³/mol. The summed E-state index contributed by atoms with van der Waals surface area (Å²) in [5.74, 6) is 0. The van der Waals surface area contributed by atoms with Gasteiger partial charge in [0.1, 0.15) is 0 Å². The Balaban J connectivity index is 2.49. The van der Waals surface area contributed by atoms with Crippen LogP contribution in [0.5, 0.6) is 0 Å². The number of benzene rings is 2. The monoisotopic (exact) mass is 416 g/mol. The molecule has 0 heterocycles. The molecule has 0 spiro atoms. The Hall–Kier alpha value is -0.420. The van der Waals surface area contributed by atoms with Crippen LogP contribution < -0.4 is 0 Å². The van der Waals surface area contributed by atoms with E-state index in [4.69, 9.17) is 34.8 Å². The first kappa shape index (κ1) is 16.9. The minimum atomic E-state index is -4.47. The number of alkyl halides is 4. The number of halogens is 7. The van der Waals surface area contributed by atoms with Gasteiger partial charge < -0.3 is 0 Å². The third-order valence-corrected chi connectivity index (χ3v) is 4.58. The molecular formula is C14H7BrCl3F3. The highest BCUT2D eigenvalue weighted by Gasteiger charge is 2.33. The van der Waals surface area contributed by atoms with Crippen LogP contribution in [0.1, 0.15) is 22.1 Å². The number of hydrogen-bond acceptors (Lipinski definition) is 0. The van der Waals surface area contributed by atoms with E-state index >= 15 is 0 Å². The molecule has 7 heteroatoms. The zero-order valence-corrected chi connectivity index (χ0v) is 14.0. The standard InChI is InChI=1S/C14H7BrCl3F3/c15-11-3-1-7(5-10(11)14(19,20)21)13(18)9-6-8(16)2-4-12(9)17/h1-6,13H. The lowest BCUT2D eigenvalue weighted by Gasteiger charge is -2.16. The Morgan fingerprint density at radius 1 is 1.00 bits per heavy atom. The number of rotatable bonds is 2. The van der Waals surface area contributed by atoms with Gasteiger partial charge in [-0.15, -0.1) is 11.6 Å². The molecule has 0 aliphatic carbocycles. The van der Waals surface area contributed by atoms with E-state index in [0.29, 0.717) is 15.6 Å². The van der Waals surface area contributed by atoms with Gasteiger partial charge in [0, 0.05) is 14.5 Å². The van der Waals surface area contributed by atoms with E-state index in [9.17, 15) is 13.2 Å². The van der Waals surface area contributed by atoms with Gasteiger partial charge in [-0.05, 0) is 41.5 Å². The minimum absolute atomic E-state index is 0.0418. The second-order valence-corrected chi connectivity index (χ2v) is 6.40.